The number of hydrogen-bond acceptors (Lipinski definition) is 2. The van der Waals surface area contributed by atoms with Crippen LogP contribution in [0.5, 0.6) is 0 Å². The van der Waals surface area contributed by atoms with Crippen LogP contribution in [0.15, 0.2) is 24.3 Å². The molecule has 0 radical (unpaired) electrons. The lowest BCUT2D eigenvalue weighted by atomic mass is 10.0. The summed E-state index contributed by atoms with van der Waals surface area (Å²) < 4.78 is 2.38. The molecule has 2 aliphatic heterocycles. The van der Waals surface area contributed by atoms with E-state index in [1.165, 1.54) is 37.3 Å². The lowest BCUT2D eigenvalue weighted by Crippen LogP contribution is -2.33. The van der Waals surface area contributed by atoms with E-state index in [1.807, 2.05) is 0 Å². The molecule has 1 aromatic carbocycles. The van der Waals surface area contributed by atoms with Crippen molar-refractivity contribution in [2.45, 2.75) is 19.4 Å². The van der Waals surface area contributed by atoms with E-state index in [0.29, 0.717) is 0 Å². The van der Waals surface area contributed by atoms with Gasteiger partial charge in [0.25, 0.3) is 0 Å². The van der Waals surface area contributed by atoms with E-state index < -0.39 is 0 Å². The Hall–Kier alpha value is -0.590. The van der Waals surface area contributed by atoms with Gasteiger partial charge in [-0.2, -0.15) is 0 Å². The van der Waals surface area contributed by atoms with Gasteiger partial charge in [-0.05, 0) is 31.4 Å². The van der Waals surface area contributed by atoms with Crippen molar-refractivity contribution in [3.8, 4) is 0 Å². The largest absolute Gasteiger partial charge is 0.367 e. The molecule has 3 heteroatoms. The Morgan fingerprint density at radius 2 is 1.94 bits per heavy atom. The smallest absolute Gasteiger partial charge is 0.0461 e. The zero-order chi connectivity index (χ0) is 11.1. The van der Waals surface area contributed by atoms with Crippen LogP contribution in [0.4, 0.5) is 5.69 Å². The molecule has 2 aliphatic rings. The van der Waals surface area contributed by atoms with Crippen LogP contribution in [-0.2, 0) is 0 Å². The van der Waals surface area contributed by atoms with Crippen molar-refractivity contribution in [3.63, 3.8) is 0 Å². The molecule has 2 nitrogen and oxygen atoms in total. The fraction of sp³-hybridized carbons (Fsp3) is 0.538. The zero-order valence-corrected chi connectivity index (χ0v) is 10.9. The van der Waals surface area contributed by atoms with Crippen molar-refractivity contribution in [2.24, 2.45) is 5.92 Å². The molecule has 3 atom stereocenters. The molecular formula is C13H19N2P. The van der Waals surface area contributed by atoms with Gasteiger partial charge in [0.2, 0.25) is 0 Å². The minimum absolute atomic E-state index is 0.736. The Labute approximate surface area is 99.9 Å². The lowest BCUT2D eigenvalue weighted by Gasteiger charge is -2.26. The maximum absolute atomic E-state index is 2.85. The van der Waals surface area contributed by atoms with Crippen LogP contribution in [0.3, 0.4) is 0 Å². The number of benzene rings is 1. The molecule has 0 bridgehead atoms. The molecule has 3 rings (SSSR count). The number of nitrogens with zero attached hydrogens (tertiary/aromatic N) is 2. The molecule has 0 amide bonds. The van der Waals surface area contributed by atoms with E-state index in [-0.39, 0.29) is 0 Å². The summed E-state index contributed by atoms with van der Waals surface area (Å²) in [6.45, 7) is 5.83. The Kier molecular flexibility index (Phi) is 2.65. The molecule has 16 heavy (non-hydrogen) atoms. The van der Waals surface area contributed by atoms with E-state index in [4.69, 9.17) is 0 Å². The minimum atomic E-state index is 0.736. The first-order valence-electron chi connectivity index (χ1n) is 6.07. The molecule has 0 saturated carbocycles. The number of aryl methyl sites for hydroxylation is 1. The van der Waals surface area contributed by atoms with Crippen LogP contribution < -0.4 is 4.90 Å². The molecule has 0 spiro atoms. The van der Waals surface area contributed by atoms with E-state index in [2.05, 4.69) is 50.2 Å². The van der Waals surface area contributed by atoms with E-state index in [1.54, 1.807) is 0 Å². The second-order valence-corrected chi connectivity index (χ2v) is 5.83. The highest BCUT2D eigenvalue weighted by Crippen LogP contribution is 2.36. The molecule has 0 N–H and O–H groups in total. The summed E-state index contributed by atoms with van der Waals surface area (Å²) in [5.41, 5.74) is 2.75. The van der Waals surface area contributed by atoms with Crippen LogP contribution in [-0.4, -0.2) is 30.3 Å². The summed E-state index contributed by atoms with van der Waals surface area (Å²) >= 11 is 0. The molecule has 1 unspecified atom stereocenters. The van der Waals surface area contributed by atoms with Crippen molar-refractivity contribution in [1.29, 1.82) is 0 Å². The van der Waals surface area contributed by atoms with Gasteiger partial charge in [0.05, 0.1) is 0 Å². The molecule has 0 aromatic heterocycles. The predicted molar refractivity (Wildman–Crippen MR) is 71.7 cm³/mol. The first kappa shape index (κ1) is 10.6. The standard InChI is InChI=1S/C13H19N2P/c1-10-2-4-12(5-3-10)15-7-6-11-8-14(16)9-13(11)15/h2-5,11,13H,6-9,16H2,1H3/t11-,13+/m1/s1. The molecule has 0 aliphatic carbocycles. The summed E-state index contributed by atoms with van der Waals surface area (Å²) in [4.78, 5) is 2.59. The summed E-state index contributed by atoms with van der Waals surface area (Å²) in [7, 11) is 2.85. The topological polar surface area (TPSA) is 6.48 Å². The van der Waals surface area contributed by atoms with Crippen molar-refractivity contribution in [3.05, 3.63) is 29.8 Å². The highest BCUT2D eigenvalue weighted by atomic mass is 31.0. The van der Waals surface area contributed by atoms with Gasteiger partial charge >= 0.3 is 0 Å². The maximum Gasteiger partial charge on any atom is 0.0461 e. The SMILES string of the molecule is Cc1ccc(N2CC[C@@H]3CN(P)C[C@@H]32)cc1. The van der Waals surface area contributed by atoms with Gasteiger partial charge in [-0.1, -0.05) is 27.1 Å². The Morgan fingerprint density at radius 1 is 1.19 bits per heavy atom. The first-order chi connectivity index (χ1) is 7.74. The third-order valence-corrected chi connectivity index (χ3v) is 4.36. The number of hydrogen-bond donors (Lipinski definition) is 0. The molecule has 1 aromatic rings. The summed E-state index contributed by atoms with van der Waals surface area (Å²) in [5, 5.41) is 0. The van der Waals surface area contributed by atoms with Crippen LogP contribution in [0.2, 0.25) is 0 Å². The van der Waals surface area contributed by atoms with Gasteiger partial charge in [0.15, 0.2) is 0 Å². The highest BCUT2D eigenvalue weighted by Gasteiger charge is 2.39. The number of anilines is 1. The van der Waals surface area contributed by atoms with Gasteiger partial charge in [-0.15, -0.1) is 0 Å². The number of fused-ring (bicyclic) bond motifs is 1. The lowest BCUT2D eigenvalue weighted by molar-refractivity contribution is 0.520. The van der Waals surface area contributed by atoms with E-state index in [9.17, 15) is 0 Å². The molecular weight excluding hydrogens is 215 g/mol. The fourth-order valence-corrected chi connectivity index (χ4v) is 3.54. The van der Waals surface area contributed by atoms with Gasteiger partial charge < -0.3 is 4.90 Å². The van der Waals surface area contributed by atoms with Crippen LogP contribution in [0.1, 0.15) is 12.0 Å². The second kappa shape index (κ2) is 4.01. The van der Waals surface area contributed by atoms with Crippen molar-refractivity contribution in [2.75, 3.05) is 24.5 Å². The van der Waals surface area contributed by atoms with Crippen molar-refractivity contribution in [1.82, 2.24) is 4.67 Å². The van der Waals surface area contributed by atoms with Gasteiger partial charge in [-0.3, -0.25) is 4.67 Å². The summed E-state index contributed by atoms with van der Waals surface area (Å²) in [6.07, 6.45) is 1.35. The van der Waals surface area contributed by atoms with Crippen molar-refractivity contribution < 1.29 is 0 Å². The van der Waals surface area contributed by atoms with E-state index in [0.717, 1.165) is 12.0 Å². The number of rotatable bonds is 1. The fourth-order valence-electron chi connectivity index (χ4n) is 3.05. The maximum atomic E-state index is 2.85. The Balaban J connectivity index is 1.83. The predicted octanol–water partition coefficient (Wildman–Crippen LogP) is 2.30. The Morgan fingerprint density at radius 3 is 2.69 bits per heavy atom. The van der Waals surface area contributed by atoms with Gasteiger partial charge in [-0.25, -0.2) is 0 Å². The summed E-state index contributed by atoms with van der Waals surface area (Å²) in [6, 6.07) is 9.71. The minimum Gasteiger partial charge on any atom is -0.367 e. The third-order valence-electron chi connectivity index (χ3n) is 3.94. The quantitative estimate of drug-likeness (QED) is 0.688. The van der Waals surface area contributed by atoms with Gasteiger partial charge in [0.1, 0.15) is 0 Å². The normalized spacial score (nSPS) is 29.8. The molecule has 86 valence electrons. The monoisotopic (exact) mass is 234 g/mol. The van der Waals surface area contributed by atoms with Crippen LogP contribution in [0, 0.1) is 12.8 Å². The Bertz CT molecular complexity index is 376. The van der Waals surface area contributed by atoms with Crippen LogP contribution in [0.25, 0.3) is 0 Å². The molecule has 2 saturated heterocycles. The molecule has 2 heterocycles. The third kappa shape index (κ3) is 1.74. The van der Waals surface area contributed by atoms with E-state index >= 15 is 0 Å². The zero-order valence-electron chi connectivity index (χ0n) is 9.76. The highest BCUT2D eigenvalue weighted by molar-refractivity contribution is 7.13. The second-order valence-electron chi connectivity index (χ2n) is 5.10. The van der Waals surface area contributed by atoms with Crippen LogP contribution >= 0.6 is 9.39 Å². The average Bonchev–Trinajstić information content (AvgIpc) is 2.78. The summed E-state index contributed by atoms with van der Waals surface area (Å²) in [5.74, 6) is 0.874. The molecule has 2 fully saturated rings. The van der Waals surface area contributed by atoms with Crippen molar-refractivity contribution >= 4 is 15.1 Å². The van der Waals surface area contributed by atoms with Gasteiger partial charge in [0, 0.05) is 31.4 Å². The average molecular weight is 234 g/mol. The first-order valence-corrected chi connectivity index (χ1v) is 6.58.